The van der Waals surface area contributed by atoms with E-state index in [2.05, 4.69) is 53.4 Å². The minimum absolute atomic E-state index is 0.0208. The molecule has 0 bridgehead atoms. The van der Waals surface area contributed by atoms with Crippen LogP contribution in [0, 0.1) is 0 Å². The Balaban J connectivity index is 1.24. The van der Waals surface area contributed by atoms with Gasteiger partial charge in [-0.3, -0.25) is 14.5 Å². The number of benzene rings is 3. The van der Waals surface area contributed by atoms with Gasteiger partial charge in [-0.05, 0) is 35.1 Å². The number of hydrogen-bond acceptors (Lipinski definition) is 4. The fourth-order valence-corrected chi connectivity index (χ4v) is 6.09. The monoisotopic (exact) mass is 537 g/mol. The first kappa shape index (κ1) is 26.9. The number of nitrogens with zero attached hydrogens (tertiary/aromatic N) is 3. The molecule has 1 unspecified atom stereocenters. The fraction of sp³-hybridized carbons (Fsp3) is 0.273. The number of rotatable bonds is 9. The highest BCUT2D eigenvalue weighted by Crippen LogP contribution is 2.30. The first-order valence-corrected chi connectivity index (χ1v) is 14.5. The summed E-state index contributed by atoms with van der Waals surface area (Å²) in [6.45, 7) is 5.40. The van der Waals surface area contributed by atoms with E-state index in [-0.39, 0.29) is 23.9 Å². The van der Waals surface area contributed by atoms with Crippen molar-refractivity contribution >= 4 is 23.2 Å². The summed E-state index contributed by atoms with van der Waals surface area (Å²) in [5, 5.41) is 1.92. The van der Waals surface area contributed by atoms with Crippen LogP contribution < -0.4 is 0 Å². The van der Waals surface area contributed by atoms with Gasteiger partial charge >= 0.3 is 0 Å². The van der Waals surface area contributed by atoms with Gasteiger partial charge in [0.1, 0.15) is 0 Å². The predicted octanol–water partition coefficient (Wildman–Crippen LogP) is 6.28. The molecule has 4 aromatic rings. The van der Waals surface area contributed by atoms with E-state index in [4.69, 9.17) is 0 Å². The van der Waals surface area contributed by atoms with Crippen molar-refractivity contribution in [1.29, 1.82) is 0 Å². The van der Waals surface area contributed by atoms with Crippen LogP contribution in [-0.2, 0) is 4.79 Å². The van der Waals surface area contributed by atoms with Crippen LogP contribution in [0.5, 0.6) is 0 Å². The van der Waals surface area contributed by atoms with E-state index in [1.807, 2.05) is 76.7 Å². The average Bonchev–Trinajstić information content (AvgIpc) is 3.54. The Morgan fingerprint density at radius 2 is 1.28 bits per heavy atom. The van der Waals surface area contributed by atoms with Crippen LogP contribution in [0.15, 0.2) is 109 Å². The maximum Gasteiger partial charge on any atom is 0.264 e. The van der Waals surface area contributed by atoms with E-state index < -0.39 is 0 Å². The molecule has 6 heteroatoms. The molecule has 1 aliphatic heterocycles. The molecule has 0 aliphatic carbocycles. The Bertz CT molecular complexity index is 1280. The van der Waals surface area contributed by atoms with E-state index in [1.165, 1.54) is 22.5 Å². The molecule has 1 saturated heterocycles. The van der Waals surface area contributed by atoms with E-state index in [0.29, 0.717) is 30.9 Å². The molecule has 0 saturated carbocycles. The van der Waals surface area contributed by atoms with Crippen molar-refractivity contribution in [2.45, 2.75) is 25.4 Å². The van der Waals surface area contributed by atoms with Gasteiger partial charge in [0, 0.05) is 39.1 Å². The molecule has 0 radical (unpaired) electrons. The van der Waals surface area contributed by atoms with Crippen molar-refractivity contribution in [2.75, 3.05) is 32.7 Å². The van der Waals surface area contributed by atoms with Gasteiger partial charge < -0.3 is 9.80 Å². The van der Waals surface area contributed by atoms with E-state index in [0.717, 1.165) is 18.7 Å². The summed E-state index contributed by atoms with van der Waals surface area (Å²) in [6, 6.07) is 35.0. The lowest BCUT2D eigenvalue weighted by Crippen LogP contribution is -2.50. The topological polar surface area (TPSA) is 43.9 Å². The molecule has 0 spiro atoms. The molecular formula is C33H35N3O2S. The van der Waals surface area contributed by atoms with Crippen LogP contribution in [0.4, 0.5) is 0 Å². The van der Waals surface area contributed by atoms with Crippen LogP contribution >= 0.6 is 11.3 Å². The Morgan fingerprint density at radius 3 is 1.79 bits per heavy atom. The van der Waals surface area contributed by atoms with Crippen molar-refractivity contribution in [3.8, 4) is 0 Å². The minimum atomic E-state index is -0.122. The lowest BCUT2D eigenvalue weighted by molar-refractivity contribution is -0.133. The second-order valence-corrected chi connectivity index (χ2v) is 10.9. The molecule has 0 N–H and O–H groups in total. The zero-order chi connectivity index (χ0) is 27.0. The van der Waals surface area contributed by atoms with E-state index in [1.54, 1.807) is 0 Å². The third-order valence-corrected chi connectivity index (χ3v) is 8.43. The highest BCUT2D eigenvalue weighted by atomic mass is 32.1. The molecule has 2 amide bonds. The van der Waals surface area contributed by atoms with Crippen molar-refractivity contribution in [2.24, 2.45) is 0 Å². The molecule has 1 atom stereocenters. The number of carbonyl (C=O) groups excluding carboxylic acids is 2. The molecule has 5 nitrogen and oxygen atoms in total. The van der Waals surface area contributed by atoms with Crippen molar-refractivity contribution < 1.29 is 9.59 Å². The normalized spacial score (nSPS) is 14.8. The van der Waals surface area contributed by atoms with Gasteiger partial charge in [-0.15, -0.1) is 11.3 Å². The maximum absolute atomic E-state index is 13.4. The third kappa shape index (κ3) is 6.47. The predicted molar refractivity (Wildman–Crippen MR) is 158 cm³/mol. The SMILES string of the molecule is CC(c1ccccc1)N(CCC(=O)N1CCN(C(c2ccccc2)c2ccccc2)CC1)C(=O)c1cccs1. The van der Waals surface area contributed by atoms with Gasteiger partial charge in [0.2, 0.25) is 5.91 Å². The number of piperazine rings is 1. The summed E-state index contributed by atoms with van der Waals surface area (Å²) in [5.41, 5.74) is 3.60. The second-order valence-electron chi connectivity index (χ2n) is 9.95. The molecular weight excluding hydrogens is 502 g/mol. The van der Waals surface area contributed by atoms with Crippen molar-refractivity contribution in [3.63, 3.8) is 0 Å². The second kappa shape index (κ2) is 12.9. The first-order chi connectivity index (χ1) is 19.1. The van der Waals surface area contributed by atoms with Crippen molar-refractivity contribution in [1.82, 2.24) is 14.7 Å². The zero-order valence-corrected chi connectivity index (χ0v) is 23.2. The van der Waals surface area contributed by atoms with Gasteiger partial charge in [-0.1, -0.05) is 97.1 Å². The lowest BCUT2D eigenvalue weighted by Gasteiger charge is -2.40. The van der Waals surface area contributed by atoms with E-state index >= 15 is 0 Å². The number of amides is 2. The van der Waals surface area contributed by atoms with Crippen LogP contribution in [-0.4, -0.2) is 59.2 Å². The molecule has 3 aromatic carbocycles. The molecule has 2 heterocycles. The van der Waals surface area contributed by atoms with Crippen LogP contribution in [0.1, 0.15) is 51.8 Å². The number of hydrogen-bond donors (Lipinski definition) is 0. The summed E-state index contributed by atoms with van der Waals surface area (Å²) >= 11 is 1.44. The van der Waals surface area contributed by atoms with Crippen LogP contribution in [0.25, 0.3) is 0 Å². The summed E-state index contributed by atoms with van der Waals surface area (Å²) in [7, 11) is 0. The van der Waals surface area contributed by atoms with Gasteiger partial charge in [0.05, 0.1) is 17.0 Å². The standard InChI is InChI=1S/C33H35N3O2S/c1-26(27-12-5-2-6-13-27)36(33(38)30-18-11-25-39-30)20-19-31(37)34-21-23-35(24-22-34)32(28-14-7-3-8-15-28)29-16-9-4-10-17-29/h2-18,25-26,32H,19-24H2,1H3. The van der Waals surface area contributed by atoms with Gasteiger partial charge in [0.15, 0.2) is 0 Å². The maximum atomic E-state index is 13.4. The molecule has 39 heavy (non-hydrogen) atoms. The molecule has 1 fully saturated rings. The minimum Gasteiger partial charge on any atom is -0.340 e. The van der Waals surface area contributed by atoms with Crippen LogP contribution in [0.3, 0.4) is 0 Å². The number of carbonyl (C=O) groups is 2. The Labute approximate surface area is 235 Å². The summed E-state index contributed by atoms with van der Waals surface area (Å²) < 4.78 is 0. The molecule has 1 aromatic heterocycles. The highest BCUT2D eigenvalue weighted by Gasteiger charge is 2.29. The smallest absolute Gasteiger partial charge is 0.264 e. The summed E-state index contributed by atoms with van der Waals surface area (Å²) in [4.78, 5) is 33.7. The number of thiophene rings is 1. The largest absolute Gasteiger partial charge is 0.340 e. The zero-order valence-electron chi connectivity index (χ0n) is 22.4. The van der Waals surface area contributed by atoms with Gasteiger partial charge in [0.25, 0.3) is 5.91 Å². The molecule has 5 rings (SSSR count). The Hall–Kier alpha value is -3.74. The summed E-state index contributed by atoms with van der Waals surface area (Å²) in [6.07, 6.45) is 0.315. The average molecular weight is 538 g/mol. The third-order valence-electron chi connectivity index (χ3n) is 7.57. The lowest BCUT2D eigenvalue weighted by atomic mass is 9.96. The highest BCUT2D eigenvalue weighted by molar-refractivity contribution is 7.12. The van der Waals surface area contributed by atoms with Gasteiger partial charge in [-0.25, -0.2) is 0 Å². The Kier molecular flexibility index (Phi) is 8.86. The van der Waals surface area contributed by atoms with Gasteiger partial charge in [-0.2, -0.15) is 0 Å². The molecule has 200 valence electrons. The summed E-state index contributed by atoms with van der Waals surface area (Å²) in [5.74, 6) is 0.0856. The fourth-order valence-electron chi connectivity index (χ4n) is 5.41. The van der Waals surface area contributed by atoms with Crippen molar-refractivity contribution in [3.05, 3.63) is 130 Å². The quantitative estimate of drug-likeness (QED) is 0.253. The first-order valence-electron chi connectivity index (χ1n) is 13.6. The van der Waals surface area contributed by atoms with Crippen LogP contribution in [0.2, 0.25) is 0 Å². The van der Waals surface area contributed by atoms with E-state index in [9.17, 15) is 9.59 Å². The molecule has 1 aliphatic rings. The Morgan fingerprint density at radius 1 is 0.744 bits per heavy atom.